The predicted molar refractivity (Wildman–Crippen MR) is 58.8 cm³/mol. The van der Waals surface area contributed by atoms with Crippen molar-refractivity contribution in [2.75, 3.05) is 13.2 Å². The van der Waals surface area contributed by atoms with Crippen LogP contribution in [0.3, 0.4) is 0 Å². The van der Waals surface area contributed by atoms with Gasteiger partial charge in [-0.2, -0.15) is 5.10 Å². The molecule has 0 saturated carbocycles. The van der Waals surface area contributed by atoms with Gasteiger partial charge < -0.3 is 9.84 Å². The number of hydrogen-bond donors (Lipinski definition) is 1. The van der Waals surface area contributed by atoms with Crippen LogP contribution in [0.1, 0.15) is 17.4 Å². The van der Waals surface area contributed by atoms with Gasteiger partial charge in [0.1, 0.15) is 5.52 Å². The van der Waals surface area contributed by atoms with Crippen LogP contribution >= 0.6 is 0 Å². The summed E-state index contributed by atoms with van der Waals surface area (Å²) in [5, 5.41) is 12.9. The number of ether oxygens (including phenoxy) is 1. The third kappa shape index (κ3) is 2.39. The van der Waals surface area contributed by atoms with Crippen LogP contribution in [0.4, 0.5) is 0 Å². The molecular weight excluding hydrogens is 224 g/mol. The number of carboxylic acids is 1. The number of nitrogens with zero attached hydrogens (tertiary/aromatic N) is 4. The molecule has 7 heteroatoms. The maximum atomic E-state index is 10.8. The van der Waals surface area contributed by atoms with E-state index in [9.17, 15) is 4.79 Å². The number of aromatic nitrogens is 4. The average molecular weight is 236 g/mol. The highest BCUT2D eigenvalue weighted by atomic mass is 16.5. The molecule has 1 N–H and O–H groups in total. The van der Waals surface area contributed by atoms with Crippen LogP contribution in [-0.2, 0) is 11.3 Å². The summed E-state index contributed by atoms with van der Waals surface area (Å²) >= 11 is 0. The number of aromatic carboxylic acids is 1. The lowest BCUT2D eigenvalue weighted by molar-refractivity contribution is 0.0690. The van der Waals surface area contributed by atoms with Gasteiger partial charge >= 0.3 is 5.97 Å². The summed E-state index contributed by atoms with van der Waals surface area (Å²) in [6.45, 7) is 3.57. The second kappa shape index (κ2) is 4.88. The normalized spacial score (nSPS) is 10.9. The van der Waals surface area contributed by atoms with Gasteiger partial charge in [-0.15, -0.1) is 0 Å². The fourth-order valence-electron chi connectivity index (χ4n) is 1.41. The fourth-order valence-corrected chi connectivity index (χ4v) is 1.41. The van der Waals surface area contributed by atoms with E-state index in [1.54, 1.807) is 10.9 Å². The summed E-state index contributed by atoms with van der Waals surface area (Å²) in [4.78, 5) is 18.8. The average Bonchev–Trinajstić information content (AvgIpc) is 2.72. The Morgan fingerprint density at radius 2 is 2.35 bits per heavy atom. The second-order valence-corrected chi connectivity index (χ2v) is 3.33. The standard InChI is InChI=1S/C10H12N4O3/c1-2-17-4-3-14-9-7(6-12-14)11-5-8(13-9)10(15)16/h5-6H,2-4H2,1H3,(H,15,16). The Bertz CT molecular complexity index is 537. The summed E-state index contributed by atoms with van der Waals surface area (Å²) in [6, 6.07) is 0. The van der Waals surface area contributed by atoms with E-state index >= 15 is 0 Å². The van der Waals surface area contributed by atoms with Gasteiger partial charge in [0.25, 0.3) is 0 Å². The molecule has 0 aliphatic rings. The smallest absolute Gasteiger partial charge is 0.356 e. The topological polar surface area (TPSA) is 90.1 Å². The molecule has 0 bridgehead atoms. The predicted octanol–water partition coefficient (Wildman–Crippen LogP) is 0.561. The zero-order valence-corrected chi connectivity index (χ0v) is 9.33. The van der Waals surface area contributed by atoms with Crippen LogP contribution in [0.15, 0.2) is 12.4 Å². The van der Waals surface area contributed by atoms with Crippen LogP contribution in [-0.4, -0.2) is 44.0 Å². The van der Waals surface area contributed by atoms with E-state index in [1.807, 2.05) is 6.92 Å². The van der Waals surface area contributed by atoms with Crippen molar-refractivity contribution in [3.63, 3.8) is 0 Å². The van der Waals surface area contributed by atoms with E-state index in [1.165, 1.54) is 6.20 Å². The molecule has 0 aliphatic heterocycles. The Balaban J connectivity index is 2.30. The molecular formula is C10H12N4O3. The van der Waals surface area contributed by atoms with Crippen LogP contribution in [0.2, 0.25) is 0 Å². The van der Waals surface area contributed by atoms with Crippen molar-refractivity contribution in [1.82, 2.24) is 19.7 Å². The first-order valence-electron chi connectivity index (χ1n) is 5.22. The van der Waals surface area contributed by atoms with Crippen molar-refractivity contribution in [1.29, 1.82) is 0 Å². The Morgan fingerprint density at radius 3 is 3.06 bits per heavy atom. The maximum absolute atomic E-state index is 10.8. The molecule has 0 fully saturated rings. The number of hydrogen-bond acceptors (Lipinski definition) is 5. The van der Waals surface area contributed by atoms with Crippen molar-refractivity contribution in [2.24, 2.45) is 0 Å². The van der Waals surface area contributed by atoms with Gasteiger partial charge in [0.2, 0.25) is 0 Å². The molecule has 2 aromatic rings. The van der Waals surface area contributed by atoms with E-state index in [-0.39, 0.29) is 5.69 Å². The van der Waals surface area contributed by atoms with Crippen LogP contribution < -0.4 is 0 Å². The highest BCUT2D eigenvalue weighted by Crippen LogP contribution is 2.08. The van der Waals surface area contributed by atoms with E-state index in [0.29, 0.717) is 30.9 Å². The first kappa shape index (κ1) is 11.5. The Hall–Kier alpha value is -2.02. The SMILES string of the molecule is CCOCCn1ncc2ncc(C(=O)O)nc21. The molecule has 0 radical (unpaired) electrons. The molecule has 0 spiro atoms. The largest absolute Gasteiger partial charge is 0.476 e. The quantitative estimate of drug-likeness (QED) is 0.763. The number of fused-ring (bicyclic) bond motifs is 1. The molecule has 0 aromatic carbocycles. The Morgan fingerprint density at radius 1 is 1.53 bits per heavy atom. The minimum absolute atomic E-state index is 0.0874. The van der Waals surface area contributed by atoms with E-state index in [2.05, 4.69) is 15.1 Å². The molecule has 2 aromatic heterocycles. The number of rotatable bonds is 5. The summed E-state index contributed by atoms with van der Waals surface area (Å²) in [7, 11) is 0. The van der Waals surface area contributed by atoms with E-state index in [4.69, 9.17) is 9.84 Å². The Kier molecular flexibility index (Phi) is 3.29. The monoisotopic (exact) mass is 236 g/mol. The first-order chi connectivity index (χ1) is 8.22. The molecule has 0 atom stereocenters. The maximum Gasteiger partial charge on any atom is 0.356 e. The zero-order chi connectivity index (χ0) is 12.3. The van der Waals surface area contributed by atoms with E-state index < -0.39 is 5.97 Å². The number of carbonyl (C=O) groups is 1. The van der Waals surface area contributed by atoms with Gasteiger partial charge in [-0.1, -0.05) is 0 Å². The van der Waals surface area contributed by atoms with Crippen LogP contribution in [0, 0.1) is 0 Å². The zero-order valence-electron chi connectivity index (χ0n) is 9.33. The summed E-state index contributed by atoms with van der Waals surface area (Å²) in [5.74, 6) is -1.10. The highest BCUT2D eigenvalue weighted by molar-refractivity contribution is 5.87. The van der Waals surface area contributed by atoms with E-state index in [0.717, 1.165) is 0 Å². The molecule has 90 valence electrons. The molecule has 2 heterocycles. The van der Waals surface area contributed by atoms with Gasteiger partial charge in [0.15, 0.2) is 11.3 Å². The van der Waals surface area contributed by atoms with Crippen LogP contribution in [0.25, 0.3) is 11.2 Å². The Labute approximate surface area is 97.1 Å². The molecule has 2 rings (SSSR count). The molecule has 17 heavy (non-hydrogen) atoms. The lowest BCUT2D eigenvalue weighted by Crippen LogP contribution is -2.09. The van der Waals surface area contributed by atoms with Crippen LogP contribution in [0.5, 0.6) is 0 Å². The van der Waals surface area contributed by atoms with Crippen molar-refractivity contribution < 1.29 is 14.6 Å². The van der Waals surface area contributed by atoms with Gasteiger partial charge in [-0.3, -0.25) is 0 Å². The lowest BCUT2D eigenvalue weighted by Gasteiger charge is -2.02. The van der Waals surface area contributed by atoms with Crippen molar-refractivity contribution in [3.8, 4) is 0 Å². The number of carboxylic acid groups (broad SMARTS) is 1. The summed E-state index contributed by atoms with van der Waals surface area (Å²) < 4.78 is 6.80. The van der Waals surface area contributed by atoms with Gasteiger partial charge in [-0.05, 0) is 6.92 Å². The molecule has 0 saturated heterocycles. The third-order valence-corrected chi connectivity index (χ3v) is 2.22. The minimum Gasteiger partial charge on any atom is -0.476 e. The third-order valence-electron chi connectivity index (χ3n) is 2.22. The fraction of sp³-hybridized carbons (Fsp3) is 0.400. The van der Waals surface area contributed by atoms with Crippen molar-refractivity contribution >= 4 is 17.1 Å². The molecule has 7 nitrogen and oxygen atoms in total. The minimum atomic E-state index is -1.10. The van der Waals surface area contributed by atoms with Gasteiger partial charge in [-0.25, -0.2) is 19.4 Å². The highest BCUT2D eigenvalue weighted by Gasteiger charge is 2.10. The van der Waals surface area contributed by atoms with Gasteiger partial charge in [0.05, 0.1) is 25.5 Å². The lowest BCUT2D eigenvalue weighted by atomic mass is 10.4. The van der Waals surface area contributed by atoms with Gasteiger partial charge in [0, 0.05) is 6.61 Å². The summed E-state index contributed by atoms with van der Waals surface area (Å²) in [5.41, 5.74) is 0.951. The molecule has 0 amide bonds. The summed E-state index contributed by atoms with van der Waals surface area (Å²) in [6.07, 6.45) is 2.78. The first-order valence-corrected chi connectivity index (χ1v) is 5.22. The molecule has 0 unspecified atom stereocenters. The van der Waals surface area contributed by atoms with Crippen molar-refractivity contribution in [3.05, 3.63) is 18.1 Å². The second-order valence-electron chi connectivity index (χ2n) is 3.33. The van der Waals surface area contributed by atoms with Crippen molar-refractivity contribution in [2.45, 2.75) is 13.5 Å². The molecule has 0 aliphatic carbocycles.